The van der Waals surface area contributed by atoms with Gasteiger partial charge in [-0.15, -0.1) is 0 Å². The molecule has 0 aliphatic carbocycles. The molecular formula is C15H18FN3O6S. The molecular weight excluding hydrogens is 369 g/mol. The van der Waals surface area contributed by atoms with E-state index < -0.39 is 27.7 Å². The topological polar surface area (TPSA) is 125 Å². The molecule has 0 atom stereocenters. The van der Waals surface area contributed by atoms with Gasteiger partial charge in [0.1, 0.15) is 11.5 Å². The van der Waals surface area contributed by atoms with Crippen LogP contribution in [0.15, 0.2) is 29.5 Å². The minimum absolute atomic E-state index is 0.000904. The first-order valence-electron chi connectivity index (χ1n) is 7.42. The van der Waals surface area contributed by atoms with E-state index in [0.29, 0.717) is 0 Å². The van der Waals surface area contributed by atoms with Gasteiger partial charge in [0.25, 0.3) is 5.91 Å². The molecule has 11 heteroatoms. The predicted molar refractivity (Wildman–Crippen MR) is 91.2 cm³/mol. The van der Waals surface area contributed by atoms with Gasteiger partial charge in [-0.05, 0) is 18.2 Å². The SMILES string of the molecule is COC(=O)C1=C(Nc2cc(F)ccc2NS(C)(=O)=O)C(=O)N(CCO)C1. The standard InChI is InChI=1S/C15H18FN3O6S/c1-25-15(22)10-8-19(5-6-20)14(21)13(10)17-12-7-9(16)3-4-11(12)18-26(2,23)24/h3-4,7,17-18,20H,5-6,8H2,1-2H3. The smallest absolute Gasteiger partial charge is 0.337 e. The number of carbonyl (C=O) groups is 2. The third-order valence-electron chi connectivity index (χ3n) is 3.49. The average Bonchev–Trinajstić information content (AvgIpc) is 2.85. The maximum absolute atomic E-state index is 13.6. The molecule has 3 N–H and O–H groups in total. The number of halogens is 1. The van der Waals surface area contributed by atoms with Crippen molar-refractivity contribution in [2.75, 3.05) is 43.1 Å². The minimum atomic E-state index is -3.66. The summed E-state index contributed by atoms with van der Waals surface area (Å²) in [7, 11) is -2.52. The molecule has 9 nitrogen and oxygen atoms in total. The summed E-state index contributed by atoms with van der Waals surface area (Å²) in [4.78, 5) is 25.6. The molecule has 0 radical (unpaired) electrons. The highest BCUT2D eigenvalue weighted by Gasteiger charge is 2.34. The second kappa shape index (κ2) is 7.70. The van der Waals surface area contributed by atoms with Crippen molar-refractivity contribution < 1.29 is 32.2 Å². The highest BCUT2D eigenvalue weighted by Crippen LogP contribution is 2.29. The quantitative estimate of drug-likeness (QED) is 0.557. The van der Waals surface area contributed by atoms with Crippen LogP contribution in [0.4, 0.5) is 15.8 Å². The Kier molecular flexibility index (Phi) is 5.83. The molecule has 1 amide bonds. The van der Waals surface area contributed by atoms with E-state index in [2.05, 4.69) is 14.8 Å². The van der Waals surface area contributed by atoms with Crippen LogP contribution in [0.25, 0.3) is 0 Å². The van der Waals surface area contributed by atoms with Crippen LogP contribution in [0.1, 0.15) is 0 Å². The van der Waals surface area contributed by atoms with Crippen LogP contribution in [-0.2, 0) is 24.3 Å². The Balaban J connectivity index is 2.45. The first kappa shape index (κ1) is 19.7. The molecule has 26 heavy (non-hydrogen) atoms. The van der Waals surface area contributed by atoms with E-state index in [9.17, 15) is 22.4 Å². The summed E-state index contributed by atoms with van der Waals surface area (Å²) in [6.07, 6.45) is 0.920. The van der Waals surface area contributed by atoms with Crippen LogP contribution < -0.4 is 10.0 Å². The molecule has 1 aromatic carbocycles. The maximum atomic E-state index is 13.6. The van der Waals surface area contributed by atoms with Gasteiger partial charge in [-0.2, -0.15) is 0 Å². The third kappa shape index (κ3) is 4.49. The number of hydrogen-bond donors (Lipinski definition) is 3. The van der Waals surface area contributed by atoms with Crippen LogP contribution in [0, 0.1) is 5.82 Å². The van der Waals surface area contributed by atoms with Crippen LogP contribution in [0.3, 0.4) is 0 Å². The highest BCUT2D eigenvalue weighted by atomic mass is 32.2. The number of hydrogen-bond acceptors (Lipinski definition) is 7. The molecule has 0 saturated carbocycles. The monoisotopic (exact) mass is 387 g/mol. The predicted octanol–water partition coefficient (Wildman–Crippen LogP) is -0.129. The second-order valence-electron chi connectivity index (χ2n) is 5.48. The summed E-state index contributed by atoms with van der Waals surface area (Å²) in [5.74, 6) is -2.05. The zero-order valence-electron chi connectivity index (χ0n) is 14.1. The molecule has 1 aromatic rings. The fourth-order valence-corrected chi connectivity index (χ4v) is 2.97. The molecule has 0 unspecified atom stereocenters. The first-order chi connectivity index (χ1) is 12.2. The van der Waals surface area contributed by atoms with Crippen molar-refractivity contribution in [2.24, 2.45) is 0 Å². The average molecular weight is 387 g/mol. The number of esters is 1. The van der Waals surface area contributed by atoms with Crippen molar-refractivity contribution in [3.63, 3.8) is 0 Å². The number of anilines is 2. The number of rotatable bonds is 7. The summed E-state index contributed by atoms with van der Waals surface area (Å²) in [5.41, 5.74) is -0.238. The van der Waals surface area contributed by atoms with Gasteiger partial charge in [-0.25, -0.2) is 17.6 Å². The van der Waals surface area contributed by atoms with Crippen LogP contribution in [0.2, 0.25) is 0 Å². The number of carbonyl (C=O) groups excluding carboxylic acids is 2. The number of nitrogens with zero attached hydrogens (tertiary/aromatic N) is 1. The maximum Gasteiger partial charge on any atom is 0.337 e. The van der Waals surface area contributed by atoms with Gasteiger partial charge in [-0.3, -0.25) is 9.52 Å². The molecule has 0 aromatic heterocycles. The summed E-state index contributed by atoms with van der Waals surface area (Å²) in [5, 5.41) is 11.7. The Hall–Kier alpha value is -2.66. The Labute approximate surface area is 149 Å². The van der Waals surface area contributed by atoms with Crippen molar-refractivity contribution >= 4 is 33.3 Å². The minimum Gasteiger partial charge on any atom is -0.466 e. The molecule has 1 aliphatic rings. The zero-order valence-corrected chi connectivity index (χ0v) is 14.9. The lowest BCUT2D eigenvalue weighted by Crippen LogP contribution is -2.31. The fraction of sp³-hybridized carbons (Fsp3) is 0.333. The van der Waals surface area contributed by atoms with E-state index >= 15 is 0 Å². The van der Waals surface area contributed by atoms with Crippen molar-refractivity contribution in [3.05, 3.63) is 35.3 Å². The third-order valence-corrected chi connectivity index (χ3v) is 4.08. The number of amides is 1. The van der Waals surface area contributed by atoms with Gasteiger partial charge in [0.15, 0.2) is 0 Å². The van der Waals surface area contributed by atoms with E-state index in [0.717, 1.165) is 25.5 Å². The summed E-state index contributed by atoms with van der Waals surface area (Å²) in [6, 6.07) is 3.21. The normalized spacial score (nSPS) is 14.6. The van der Waals surface area contributed by atoms with Gasteiger partial charge in [0.05, 0.1) is 43.5 Å². The Bertz CT molecular complexity index is 868. The number of benzene rings is 1. The van der Waals surface area contributed by atoms with Crippen molar-refractivity contribution in [3.8, 4) is 0 Å². The van der Waals surface area contributed by atoms with E-state index in [-0.39, 0.29) is 42.3 Å². The number of aliphatic hydroxyl groups is 1. The molecule has 142 valence electrons. The van der Waals surface area contributed by atoms with Crippen LogP contribution in [0.5, 0.6) is 0 Å². The van der Waals surface area contributed by atoms with Crippen molar-refractivity contribution in [1.29, 1.82) is 0 Å². The molecule has 0 bridgehead atoms. The van der Waals surface area contributed by atoms with Gasteiger partial charge in [-0.1, -0.05) is 0 Å². The highest BCUT2D eigenvalue weighted by molar-refractivity contribution is 7.92. The zero-order chi connectivity index (χ0) is 19.5. The second-order valence-corrected chi connectivity index (χ2v) is 7.23. The fourth-order valence-electron chi connectivity index (χ4n) is 2.39. The van der Waals surface area contributed by atoms with Crippen LogP contribution >= 0.6 is 0 Å². The molecule has 0 fully saturated rings. The Morgan fingerprint density at radius 3 is 2.65 bits per heavy atom. The molecule has 0 saturated heterocycles. The summed E-state index contributed by atoms with van der Waals surface area (Å²) < 4.78 is 43.4. The Morgan fingerprint density at radius 2 is 2.08 bits per heavy atom. The number of aliphatic hydroxyl groups excluding tert-OH is 1. The van der Waals surface area contributed by atoms with E-state index in [4.69, 9.17) is 5.11 Å². The van der Waals surface area contributed by atoms with Crippen molar-refractivity contribution in [2.45, 2.75) is 0 Å². The Morgan fingerprint density at radius 1 is 1.38 bits per heavy atom. The van der Waals surface area contributed by atoms with Gasteiger partial charge < -0.3 is 20.1 Å². The number of methoxy groups -OCH3 is 1. The molecule has 1 aliphatic heterocycles. The molecule has 1 heterocycles. The molecule has 2 rings (SSSR count). The first-order valence-corrected chi connectivity index (χ1v) is 9.31. The van der Waals surface area contributed by atoms with Crippen LogP contribution in [-0.4, -0.2) is 63.4 Å². The van der Waals surface area contributed by atoms with Gasteiger partial charge in [0, 0.05) is 6.54 Å². The number of nitrogens with one attached hydrogen (secondary N) is 2. The largest absolute Gasteiger partial charge is 0.466 e. The van der Waals surface area contributed by atoms with E-state index in [1.54, 1.807) is 0 Å². The van der Waals surface area contributed by atoms with Gasteiger partial charge >= 0.3 is 5.97 Å². The number of ether oxygens (including phenoxy) is 1. The summed E-state index contributed by atoms with van der Waals surface area (Å²) >= 11 is 0. The number of β-amino-alcohol motifs (C(OH)–C–C–N with tert-alkyl or cyclic N) is 1. The van der Waals surface area contributed by atoms with Gasteiger partial charge in [0.2, 0.25) is 10.0 Å². The van der Waals surface area contributed by atoms with Crippen molar-refractivity contribution in [1.82, 2.24) is 4.90 Å². The van der Waals surface area contributed by atoms with E-state index in [1.807, 2.05) is 0 Å². The number of sulfonamides is 1. The lowest BCUT2D eigenvalue weighted by atomic mass is 10.2. The lowest BCUT2D eigenvalue weighted by Gasteiger charge is -2.16. The molecule has 0 spiro atoms. The summed E-state index contributed by atoms with van der Waals surface area (Å²) in [6.45, 7) is -0.422. The lowest BCUT2D eigenvalue weighted by molar-refractivity contribution is -0.136. The van der Waals surface area contributed by atoms with E-state index in [1.165, 1.54) is 11.0 Å².